The molecule has 6 heteroatoms. The molecule has 3 N–H and O–H groups in total. The fourth-order valence-electron chi connectivity index (χ4n) is 2.65. The lowest BCUT2D eigenvalue weighted by atomic mass is 10.1. The van der Waals surface area contributed by atoms with Crippen LogP contribution < -0.4 is 15.4 Å². The number of hydrogen-bond donors (Lipinski definition) is 3. The molecule has 0 heterocycles. The van der Waals surface area contributed by atoms with Gasteiger partial charge in [-0.05, 0) is 43.5 Å². The molecule has 2 aromatic carbocycles. The Morgan fingerprint density at radius 2 is 1.78 bits per heavy atom. The van der Waals surface area contributed by atoms with Gasteiger partial charge in [0.05, 0.1) is 19.8 Å². The number of nitrogens with one attached hydrogen (secondary N) is 2. The molecule has 0 saturated carbocycles. The van der Waals surface area contributed by atoms with E-state index in [-0.39, 0.29) is 30.6 Å². The second-order valence-electron chi connectivity index (χ2n) is 6.02. The van der Waals surface area contributed by atoms with E-state index in [1.165, 1.54) is 5.56 Å². The molecule has 0 aliphatic heterocycles. The first-order chi connectivity index (χ1) is 12.7. The summed E-state index contributed by atoms with van der Waals surface area (Å²) >= 11 is 0. The minimum absolute atomic E-state index is 0. The summed E-state index contributed by atoms with van der Waals surface area (Å²) in [6, 6.07) is 14.0. The third kappa shape index (κ3) is 7.38. The fraction of sp³-hybridized carbons (Fsp3) is 0.381. The Labute approximate surface area is 179 Å². The number of ether oxygens (including phenoxy) is 1. The molecule has 0 fully saturated rings. The highest BCUT2D eigenvalue weighted by molar-refractivity contribution is 14.0. The van der Waals surface area contributed by atoms with Gasteiger partial charge in [-0.1, -0.05) is 36.4 Å². The van der Waals surface area contributed by atoms with Crippen molar-refractivity contribution < 1.29 is 9.84 Å². The summed E-state index contributed by atoms with van der Waals surface area (Å²) in [7, 11) is 0. The van der Waals surface area contributed by atoms with Crippen LogP contribution in [0.5, 0.6) is 5.75 Å². The van der Waals surface area contributed by atoms with Gasteiger partial charge in [0, 0.05) is 18.7 Å². The van der Waals surface area contributed by atoms with Gasteiger partial charge in [0.15, 0.2) is 5.96 Å². The maximum Gasteiger partial charge on any atom is 0.191 e. The lowest BCUT2D eigenvalue weighted by molar-refractivity contribution is 0.280. The number of nitrogens with zero attached hydrogens (tertiary/aromatic N) is 1. The van der Waals surface area contributed by atoms with Gasteiger partial charge in [-0.2, -0.15) is 0 Å². The third-order valence-electron chi connectivity index (χ3n) is 4.01. The second-order valence-corrected chi connectivity index (χ2v) is 6.02. The summed E-state index contributed by atoms with van der Waals surface area (Å²) in [5, 5.41) is 16.0. The van der Waals surface area contributed by atoms with Crippen molar-refractivity contribution in [3.05, 3.63) is 64.7 Å². The Morgan fingerprint density at radius 1 is 1.04 bits per heavy atom. The largest absolute Gasteiger partial charge is 0.494 e. The predicted octanol–water partition coefficient (Wildman–Crippen LogP) is 3.76. The number of halogens is 1. The van der Waals surface area contributed by atoms with Crippen LogP contribution in [0.1, 0.15) is 36.1 Å². The van der Waals surface area contributed by atoms with Gasteiger partial charge in [0.2, 0.25) is 0 Å². The number of guanidine groups is 1. The summed E-state index contributed by atoms with van der Waals surface area (Å²) < 4.78 is 5.73. The minimum Gasteiger partial charge on any atom is -0.494 e. The number of aliphatic imine (C=N–C) groups is 1. The molecule has 2 rings (SSSR count). The predicted molar refractivity (Wildman–Crippen MR) is 122 cm³/mol. The first kappa shape index (κ1) is 23.2. The molecule has 0 spiro atoms. The summed E-state index contributed by atoms with van der Waals surface area (Å²) in [5.41, 5.74) is 4.22. The molecule has 148 valence electrons. The third-order valence-corrected chi connectivity index (χ3v) is 4.01. The van der Waals surface area contributed by atoms with E-state index in [4.69, 9.17) is 4.74 Å². The molecule has 0 bridgehead atoms. The molecule has 0 aliphatic rings. The van der Waals surface area contributed by atoms with Crippen LogP contribution >= 0.6 is 24.0 Å². The fourth-order valence-corrected chi connectivity index (χ4v) is 2.65. The summed E-state index contributed by atoms with van der Waals surface area (Å²) in [4.78, 5) is 4.68. The zero-order chi connectivity index (χ0) is 18.8. The van der Waals surface area contributed by atoms with Crippen molar-refractivity contribution in [1.29, 1.82) is 0 Å². The molecule has 0 aliphatic carbocycles. The monoisotopic (exact) mass is 483 g/mol. The quantitative estimate of drug-likeness (QED) is 0.304. The van der Waals surface area contributed by atoms with E-state index in [0.29, 0.717) is 19.7 Å². The highest BCUT2D eigenvalue weighted by Crippen LogP contribution is 2.21. The first-order valence-corrected chi connectivity index (χ1v) is 9.10. The number of rotatable bonds is 8. The van der Waals surface area contributed by atoms with Gasteiger partial charge in [-0.25, -0.2) is 4.99 Å². The van der Waals surface area contributed by atoms with Crippen LogP contribution in [0.3, 0.4) is 0 Å². The summed E-state index contributed by atoms with van der Waals surface area (Å²) in [6.45, 7) is 8.67. The number of aliphatic hydroxyl groups excluding tert-OH is 1. The van der Waals surface area contributed by atoms with Crippen LogP contribution in [0.4, 0.5) is 0 Å². The standard InChI is InChI=1S/C21H29N3O2.HI/c1-4-22-21(23-13-17-8-6-7-9-19(17)15-25)24-14-18-11-10-16(3)12-20(18)26-5-2;/h6-12,25H,4-5,13-15H2,1-3H3,(H2,22,23,24);1H. The van der Waals surface area contributed by atoms with Gasteiger partial charge in [-0.15, -0.1) is 24.0 Å². The molecule has 0 unspecified atom stereocenters. The van der Waals surface area contributed by atoms with E-state index in [1.807, 2.05) is 44.2 Å². The van der Waals surface area contributed by atoms with Gasteiger partial charge >= 0.3 is 0 Å². The van der Waals surface area contributed by atoms with Crippen molar-refractivity contribution in [2.75, 3.05) is 13.2 Å². The zero-order valence-electron chi connectivity index (χ0n) is 16.3. The van der Waals surface area contributed by atoms with E-state index in [1.54, 1.807) is 0 Å². The lowest BCUT2D eigenvalue weighted by Crippen LogP contribution is -2.37. The molecule has 0 aromatic heterocycles. The van der Waals surface area contributed by atoms with Crippen LogP contribution in [0.25, 0.3) is 0 Å². The highest BCUT2D eigenvalue weighted by Gasteiger charge is 2.06. The lowest BCUT2D eigenvalue weighted by Gasteiger charge is -2.14. The van der Waals surface area contributed by atoms with Crippen molar-refractivity contribution in [3.63, 3.8) is 0 Å². The zero-order valence-corrected chi connectivity index (χ0v) is 18.6. The van der Waals surface area contributed by atoms with Crippen LogP contribution in [0.15, 0.2) is 47.5 Å². The normalized spacial score (nSPS) is 10.9. The van der Waals surface area contributed by atoms with Crippen molar-refractivity contribution in [2.45, 2.75) is 40.5 Å². The Bertz CT molecular complexity index is 735. The average Bonchev–Trinajstić information content (AvgIpc) is 2.65. The molecule has 0 radical (unpaired) electrons. The average molecular weight is 483 g/mol. The highest BCUT2D eigenvalue weighted by atomic mass is 127. The van der Waals surface area contributed by atoms with Crippen LogP contribution in [-0.2, 0) is 19.7 Å². The molecule has 0 amide bonds. The second kappa shape index (κ2) is 12.6. The molecule has 0 atom stereocenters. The topological polar surface area (TPSA) is 65.9 Å². The maximum atomic E-state index is 9.45. The SMILES string of the molecule is CCNC(=NCc1ccc(C)cc1OCC)NCc1ccccc1CO.I. The molecular formula is C21H30IN3O2. The molecule has 0 saturated heterocycles. The van der Waals surface area contributed by atoms with E-state index < -0.39 is 0 Å². The number of benzene rings is 2. The Morgan fingerprint density at radius 3 is 2.44 bits per heavy atom. The number of aryl methyl sites for hydroxylation is 1. The molecular weight excluding hydrogens is 453 g/mol. The van der Waals surface area contributed by atoms with E-state index >= 15 is 0 Å². The number of hydrogen-bond acceptors (Lipinski definition) is 3. The minimum atomic E-state index is 0. The smallest absolute Gasteiger partial charge is 0.191 e. The van der Waals surface area contributed by atoms with Crippen molar-refractivity contribution in [2.24, 2.45) is 4.99 Å². The number of aliphatic hydroxyl groups is 1. The first-order valence-electron chi connectivity index (χ1n) is 9.10. The maximum absolute atomic E-state index is 9.45. The van der Waals surface area contributed by atoms with Gasteiger partial charge in [0.1, 0.15) is 5.75 Å². The molecule has 5 nitrogen and oxygen atoms in total. The van der Waals surface area contributed by atoms with E-state index in [9.17, 15) is 5.11 Å². The van der Waals surface area contributed by atoms with Crippen molar-refractivity contribution >= 4 is 29.9 Å². The van der Waals surface area contributed by atoms with Gasteiger partial charge in [0.25, 0.3) is 0 Å². The van der Waals surface area contributed by atoms with E-state index in [2.05, 4.69) is 34.7 Å². The van der Waals surface area contributed by atoms with Crippen LogP contribution in [0.2, 0.25) is 0 Å². The van der Waals surface area contributed by atoms with Crippen LogP contribution in [-0.4, -0.2) is 24.2 Å². The molecule has 2 aromatic rings. The van der Waals surface area contributed by atoms with Crippen LogP contribution in [0, 0.1) is 6.92 Å². The Hall–Kier alpha value is -1.80. The van der Waals surface area contributed by atoms with E-state index in [0.717, 1.165) is 34.9 Å². The van der Waals surface area contributed by atoms with Crippen molar-refractivity contribution in [1.82, 2.24) is 10.6 Å². The van der Waals surface area contributed by atoms with Gasteiger partial charge in [-0.3, -0.25) is 0 Å². The Kier molecular flexibility index (Phi) is 10.8. The van der Waals surface area contributed by atoms with Gasteiger partial charge < -0.3 is 20.5 Å². The Balaban J connectivity index is 0.00000364. The molecule has 27 heavy (non-hydrogen) atoms. The summed E-state index contributed by atoms with van der Waals surface area (Å²) in [6.07, 6.45) is 0. The van der Waals surface area contributed by atoms with Crippen molar-refractivity contribution in [3.8, 4) is 5.75 Å². The summed E-state index contributed by atoms with van der Waals surface area (Å²) in [5.74, 6) is 1.63.